The van der Waals surface area contributed by atoms with Gasteiger partial charge < -0.3 is 55.1 Å². The third kappa shape index (κ3) is 4.01. The topological polar surface area (TPSA) is 190 Å². The normalized spacial score (nSPS) is 32.1. The summed E-state index contributed by atoms with van der Waals surface area (Å²) in [6.07, 6.45) is -9.40. The van der Waals surface area contributed by atoms with Gasteiger partial charge in [-0.05, 0) is 17.7 Å². The lowest BCUT2D eigenvalue weighted by Crippen LogP contribution is -2.60. The molecular formula is C21H24O11. The highest BCUT2D eigenvalue weighted by molar-refractivity contribution is 5.52. The van der Waals surface area contributed by atoms with E-state index in [2.05, 4.69) is 0 Å². The Bertz CT molecular complexity index is 978. The van der Waals surface area contributed by atoms with Crippen LogP contribution in [-0.2, 0) is 11.2 Å². The minimum atomic E-state index is -1.65. The lowest BCUT2D eigenvalue weighted by molar-refractivity contribution is -0.277. The number of aliphatic hydroxyl groups excluding tert-OH is 5. The van der Waals surface area contributed by atoms with E-state index in [9.17, 15) is 40.9 Å². The minimum absolute atomic E-state index is 0.0516. The average Bonchev–Trinajstić information content (AvgIpc) is 2.75. The second-order valence-electron chi connectivity index (χ2n) is 7.79. The molecule has 2 aliphatic heterocycles. The Labute approximate surface area is 181 Å². The molecule has 4 rings (SSSR count). The zero-order chi connectivity index (χ0) is 23.2. The molecule has 0 spiro atoms. The molecule has 2 aliphatic rings. The molecule has 7 unspecified atom stereocenters. The summed E-state index contributed by atoms with van der Waals surface area (Å²) in [5.41, 5.74) is 0.711. The summed E-state index contributed by atoms with van der Waals surface area (Å²) in [5.74, 6) is -0.732. The third-order valence-electron chi connectivity index (χ3n) is 5.59. The van der Waals surface area contributed by atoms with Gasteiger partial charge in [0.2, 0.25) is 6.29 Å². The quantitative estimate of drug-likeness (QED) is 0.285. The van der Waals surface area contributed by atoms with Crippen molar-refractivity contribution in [3.05, 3.63) is 41.5 Å². The molecule has 1 fully saturated rings. The number of phenolic OH excluding ortho intramolecular Hbond substituents is 3. The first-order valence-electron chi connectivity index (χ1n) is 9.89. The molecule has 0 radical (unpaired) electrons. The van der Waals surface area contributed by atoms with Crippen LogP contribution < -0.4 is 9.47 Å². The summed E-state index contributed by atoms with van der Waals surface area (Å²) in [7, 11) is 0. The lowest BCUT2D eigenvalue weighted by Gasteiger charge is -2.39. The molecule has 11 heteroatoms. The standard InChI is InChI=1S/C21H24O11/c22-7-16-17(27)18(28)19(29)21(32-16)31-14-2-1-8(3-12(14)25)20-13(26)6-10-11(24)4-9(23)5-15(10)30-20/h1-5,13,16-29H,6-7H2. The highest BCUT2D eigenvalue weighted by atomic mass is 16.7. The number of rotatable bonds is 4. The van der Waals surface area contributed by atoms with Crippen LogP contribution >= 0.6 is 0 Å². The zero-order valence-corrected chi connectivity index (χ0v) is 16.6. The molecule has 0 amide bonds. The summed E-state index contributed by atoms with van der Waals surface area (Å²) in [6.45, 7) is -0.626. The van der Waals surface area contributed by atoms with Crippen LogP contribution in [0.2, 0.25) is 0 Å². The van der Waals surface area contributed by atoms with Gasteiger partial charge in [-0.25, -0.2) is 0 Å². The molecule has 8 N–H and O–H groups in total. The van der Waals surface area contributed by atoms with E-state index in [0.717, 1.165) is 6.07 Å². The van der Waals surface area contributed by atoms with E-state index in [1.54, 1.807) is 0 Å². The van der Waals surface area contributed by atoms with Gasteiger partial charge in [-0.1, -0.05) is 6.07 Å². The largest absolute Gasteiger partial charge is 0.508 e. The number of aromatic hydroxyl groups is 3. The molecule has 0 bridgehead atoms. The number of ether oxygens (including phenoxy) is 3. The predicted molar refractivity (Wildman–Crippen MR) is 105 cm³/mol. The first-order chi connectivity index (χ1) is 15.2. The van der Waals surface area contributed by atoms with Gasteiger partial charge in [-0.15, -0.1) is 0 Å². The van der Waals surface area contributed by atoms with Gasteiger partial charge in [-0.3, -0.25) is 0 Å². The van der Waals surface area contributed by atoms with Crippen molar-refractivity contribution in [3.8, 4) is 28.7 Å². The van der Waals surface area contributed by atoms with E-state index < -0.39 is 49.5 Å². The van der Waals surface area contributed by atoms with Crippen molar-refractivity contribution in [2.75, 3.05) is 6.61 Å². The van der Waals surface area contributed by atoms with Crippen LogP contribution in [0.15, 0.2) is 30.3 Å². The first kappa shape index (κ1) is 22.4. The fourth-order valence-electron chi connectivity index (χ4n) is 3.85. The maximum absolute atomic E-state index is 10.5. The fraction of sp³-hybridized carbons (Fsp3) is 0.429. The monoisotopic (exact) mass is 452 g/mol. The number of phenols is 3. The van der Waals surface area contributed by atoms with E-state index in [0.29, 0.717) is 11.1 Å². The lowest BCUT2D eigenvalue weighted by atomic mass is 9.94. The Morgan fingerprint density at radius 2 is 1.66 bits per heavy atom. The second kappa shape index (κ2) is 8.62. The van der Waals surface area contributed by atoms with Crippen molar-refractivity contribution in [1.29, 1.82) is 0 Å². The van der Waals surface area contributed by atoms with E-state index in [1.807, 2.05) is 0 Å². The number of benzene rings is 2. The van der Waals surface area contributed by atoms with Crippen molar-refractivity contribution in [1.82, 2.24) is 0 Å². The molecule has 2 aromatic rings. The van der Waals surface area contributed by atoms with Crippen LogP contribution in [0.25, 0.3) is 0 Å². The highest BCUT2D eigenvalue weighted by Crippen LogP contribution is 2.43. The van der Waals surface area contributed by atoms with Crippen molar-refractivity contribution in [2.24, 2.45) is 0 Å². The number of aliphatic hydroxyl groups is 5. The van der Waals surface area contributed by atoms with Gasteiger partial charge in [0.15, 0.2) is 11.5 Å². The van der Waals surface area contributed by atoms with Gasteiger partial charge in [0.05, 0.1) is 12.7 Å². The van der Waals surface area contributed by atoms with Crippen molar-refractivity contribution in [3.63, 3.8) is 0 Å². The van der Waals surface area contributed by atoms with Crippen molar-refractivity contribution >= 4 is 0 Å². The van der Waals surface area contributed by atoms with Crippen LogP contribution in [-0.4, -0.2) is 84.3 Å². The smallest absolute Gasteiger partial charge is 0.229 e. The van der Waals surface area contributed by atoms with E-state index in [4.69, 9.17) is 14.2 Å². The Morgan fingerprint density at radius 1 is 0.906 bits per heavy atom. The molecule has 0 aromatic heterocycles. The summed E-state index contributed by atoms with van der Waals surface area (Å²) >= 11 is 0. The maximum atomic E-state index is 10.5. The third-order valence-corrected chi connectivity index (χ3v) is 5.59. The molecule has 11 nitrogen and oxygen atoms in total. The van der Waals surface area contributed by atoms with Crippen LogP contribution in [0.5, 0.6) is 28.7 Å². The molecule has 32 heavy (non-hydrogen) atoms. The van der Waals surface area contributed by atoms with Gasteiger partial charge >= 0.3 is 0 Å². The van der Waals surface area contributed by atoms with Crippen LogP contribution in [0.1, 0.15) is 17.2 Å². The maximum Gasteiger partial charge on any atom is 0.229 e. The number of hydrogen-bond acceptors (Lipinski definition) is 11. The van der Waals surface area contributed by atoms with Crippen LogP contribution in [0, 0.1) is 0 Å². The molecule has 2 aromatic carbocycles. The Hall–Kier alpha value is -2.80. The Balaban J connectivity index is 1.53. The van der Waals surface area contributed by atoms with E-state index in [1.165, 1.54) is 24.3 Å². The molecule has 1 saturated heterocycles. The van der Waals surface area contributed by atoms with E-state index >= 15 is 0 Å². The average molecular weight is 452 g/mol. The minimum Gasteiger partial charge on any atom is -0.508 e. The van der Waals surface area contributed by atoms with E-state index in [-0.39, 0.29) is 35.2 Å². The molecule has 2 heterocycles. The fourth-order valence-corrected chi connectivity index (χ4v) is 3.85. The van der Waals surface area contributed by atoms with Crippen LogP contribution in [0.3, 0.4) is 0 Å². The highest BCUT2D eigenvalue weighted by Gasteiger charge is 2.45. The molecule has 7 atom stereocenters. The Morgan fingerprint density at radius 3 is 2.34 bits per heavy atom. The van der Waals surface area contributed by atoms with Gasteiger partial charge in [0.25, 0.3) is 0 Å². The predicted octanol–water partition coefficient (Wildman–Crippen LogP) is -0.981. The molecular weight excluding hydrogens is 428 g/mol. The van der Waals surface area contributed by atoms with Crippen LogP contribution in [0.4, 0.5) is 0 Å². The first-order valence-corrected chi connectivity index (χ1v) is 9.89. The SMILES string of the molecule is OCC1OC(Oc2ccc(C3Oc4cc(O)cc(O)c4CC3O)cc2O)C(O)C(O)C1O. The van der Waals surface area contributed by atoms with Crippen molar-refractivity contribution in [2.45, 2.75) is 49.3 Å². The molecule has 0 saturated carbocycles. The Kier molecular flexibility index (Phi) is 6.03. The second-order valence-corrected chi connectivity index (χ2v) is 7.79. The van der Waals surface area contributed by atoms with Gasteiger partial charge in [0, 0.05) is 24.1 Å². The zero-order valence-electron chi connectivity index (χ0n) is 16.6. The summed E-state index contributed by atoms with van der Waals surface area (Å²) in [6, 6.07) is 6.54. The van der Waals surface area contributed by atoms with Crippen molar-refractivity contribution < 1.29 is 55.1 Å². The van der Waals surface area contributed by atoms with Gasteiger partial charge in [0.1, 0.15) is 47.8 Å². The summed E-state index contributed by atoms with van der Waals surface area (Å²) in [4.78, 5) is 0. The number of hydrogen-bond donors (Lipinski definition) is 8. The van der Waals surface area contributed by atoms with Gasteiger partial charge in [-0.2, -0.15) is 0 Å². The molecule has 174 valence electrons. The summed E-state index contributed by atoms with van der Waals surface area (Å²) < 4.78 is 16.4. The molecule has 0 aliphatic carbocycles. The summed E-state index contributed by atoms with van der Waals surface area (Å²) in [5, 5.41) is 79.6. The number of fused-ring (bicyclic) bond motifs is 1.